The standard InChI is InChI=1S/C19H31N/c1-4-5-7-12-18(17-10-8-6-9-11-17)20-15-19(13-14-19)16(2)3/h6,8-11,16,18,20H,4-5,7,12-15H2,1-3H3. The van der Waals surface area contributed by atoms with Gasteiger partial charge in [0.15, 0.2) is 0 Å². The number of hydrogen-bond acceptors (Lipinski definition) is 1. The van der Waals surface area contributed by atoms with Crippen molar-refractivity contribution >= 4 is 0 Å². The molecule has 2 rings (SSSR count). The van der Waals surface area contributed by atoms with Gasteiger partial charge in [-0.1, -0.05) is 70.4 Å². The van der Waals surface area contributed by atoms with E-state index in [1.165, 1.54) is 50.6 Å². The number of rotatable bonds is 9. The predicted octanol–water partition coefficient (Wildman–Crippen LogP) is 5.33. The Hall–Kier alpha value is -0.820. The van der Waals surface area contributed by atoms with Crippen LogP contribution in [-0.4, -0.2) is 6.54 Å². The van der Waals surface area contributed by atoms with Crippen LogP contribution < -0.4 is 5.32 Å². The molecule has 1 aromatic carbocycles. The van der Waals surface area contributed by atoms with Crippen LogP contribution in [0.5, 0.6) is 0 Å². The Morgan fingerprint density at radius 1 is 1.10 bits per heavy atom. The third-order valence-corrected chi connectivity index (χ3v) is 5.12. The van der Waals surface area contributed by atoms with Crippen molar-refractivity contribution < 1.29 is 0 Å². The molecule has 1 aromatic rings. The van der Waals surface area contributed by atoms with E-state index in [1.807, 2.05) is 0 Å². The van der Waals surface area contributed by atoms with E-state index in [2.05, 4.69) is 56.4 Å². The van der Waals surface area contributed by atoms with Gasteiger partial charge in [-0.15, -0.1) is 0 Å². The Morgan fingerprint density at radius 2 is 1.80 bits per heavy atom. The lowest BCUT2D eigenvalue weighted by Gasteiger charge is -2.25. The summed E-state index contributed by atoms with van der Waals surface area (Å²) in [6, 6.07) is 11.5. The van der Waals surface area contributed by atoms with Gasteiger partial charge < -0.3 is 5.32 Å². The molecule has 1 aliphatic carbocycles. The molecule has 0 bridgehead atoms. The van der Waals surface area contributed by atoms with Gasteiger partial charge in [0.1, 0.15) is 0 Å². The predicted molar refractivity (Wildman–Crippen MR) is 87.8 cm³/mol. The third kappa shape index (κ3) is 4.09. The Morgan fingerprint density at radius 3 is 2.35 bits per heavy atom. The van der Waals surface area contributed by atoms with Gasteiger partial charge in [0.25, 0.3) is 0 Å². The SMILES string of the molecule is CCCCCC(NCC1(C(C)C)CC1)c1ccccc1. The van der Waals surface area contributed by atoms with Gasteiger partial charge in [-0.25, -0.2) is 0 Å². The number of nitrogens with one attached hydrogen (secondary N) is 1. The lowest BCUT2D eigenvalue weighted by Crippen LogP contribution is -2.31. The van der Waals surface area contributed by atoms with E-state index in [0.717, 1.165) is 5.92 Å². The second kappa shape index (κ2) is 7.26. The zero-order chi connectivity index (χ0) is 14.4. The topological polar surface area (TPSA) is 12.0 Å². The van der Waals surface area contributed by atoms with E-state index in [4.69, 9.17) is 0 Å². The molecule has 1 saturated carbocycles. The van der Waals surface area contributed by atoms with E-state index in [9.17, 15) is 0 Å². The highest BCUT2D eigenvalue weighted by molar-refractivity contribution is 5.19. The molecule has 1 unspecified atom stereocenters. The second-order valence-electron chi connectivity index (χ2n) is 6.86. The van der Waals surface area contributed by atoms with Crippen molar-refractivity contribution in [3.8, 4) is 0 Å². The summed E-state index contributed by atoms with van der Waals surface area (Å²) in [5.74, 6) is 0.807. The third-order valence-electron chi connectivity index (χ3n) is 5.12. The first-order valence-electron chi connectivity index (χ1n) is 8.46. The van der Waals surface area contributed by atoms with Crippen molar-refractivity contribution in [2.45, 2.75) is 65.3 Å². The van der Waals surface area contributed by atoms with Crippen LogP contribution in [0.3, 0.4) is 0 Å². The molecule has 0 aliphatic heterocycles. The van der Waals surface area contributed by atoms with Crippen LogP contribution >= 0.6 is 0 Å². The van der Waals surface area contributed by atoms with Crippen molar-refractivity contribution in [2.24, 2.45) is 11.3 Å². The molecular formula is C19H31N. The van der Waals surface area contributed by atoms with Crippen molar-refractivity contribution in [1.82, 2.24) is 5.32 Å². The minimum atomic E-state index is 0.541. The monoisotopic (exact) mass is 273 g/mol. The summed E-state index contributed by atoms with van der Waals surface area (Å²) >= 11 is 0. The summed E-state index contributed by atoms with van der Waals surface area (Å²) in [4.78, 5) is 0. The van der Waals surface area contributed by atoms with Crippen molar-refractivity contribution in [2.75, 3.05) is 6.54 Å². The van der Waals surface area contributed by atoms with Gasteiger partial charge in [-0.2, -0.15) is 0 Å². The molecule has 1 fully saturated rings. The van der Waals surface area contributed by atoms with Gasteiger partial charge in [0, 0.05) is 12.6 Å². The maximum atomic E-state index is 3.88. The molecule has 20 heavy (non-hydrogen) atoms. The van der Waals surface area contributed by atoms with Gasteiger partial charge >= 0.3 is 0 Å². The fraction of sp³-hybridized carbons (Fsp3) is 0.684. The molecule has 1 N–H and O–H groups in total. The molecule has 0 aromatic heterocycles. The molecule has 0 amide bonds. The minimum absolute atomic E-state index is 0.541. The molecular weight excluding hydrogens is 242 g/mol. The maximum absolute atomic E-state index is 3.88. The highest BCUT2D eigenvalue weighted by atomic mass is 14.9. The molecule has 0 saturated heterocycles. The highest BCUT2D eigenvalue weighted by Gasteiger charge is 2.45. The van der Waals surface area contributed by atoms with Crippen molar-refractivity contribution in [3.63, 3.8) is 0 Å². The second-order valence-corrected chi connectivity index (χ2v) is 6.86. The first kappa shape index (κ1) is 15.6. The van der Waals surface area contributed by atoms with E-state index in [0.29, 0.717) is 11.5 Å². The normalized spacial score (nSPS) is 18.2. The Labute approximate surface area is 125 Å². The summed E-state index contributed by atoms with van der Waals surface area (Å²) in [6.45, 7) is 8.23. The average Bonchev–Trinajstić information content (AvgIpc) is 3.25. The average molecular weight is 273 g/mol. The first-order valence-corrected chi connectivity index (χ1v) is 8.46. The van der Waals surface area contributed by atoms with E-state index >= 15 is 0 Å². The molecule has 1 atom stereocenters. The summed E-state index contributed by atoms with van der Waals surface area (Å²) in [7, 11) is 0. The molecule has 0 spiro atoms. The lowest BCUT2D eigenvalue weighted by molar-refractivity contribution is 0.314. The van der Waals surface area contributed by atoms with Gasteiger partial charge in [-0.05, 0) is 36.2 Å². The number of unbranched alkanes of at least 4 members (excludes halogenated alkanes) is 2. The van der Waals surface area contributed by atoms with Crippen LogP contribution in [0.15, 0.2) is 30.3 Å². The summed E-state index contributed by atoms with van der Waals surface area (Å²) < 4.78 is 0. The molecule has 1 heteroatoms. The maximum Gasteiger partial charge on any atom is 0.0320 e. The van der Waals surface area contributed by atoms with Crippen molar-refractivity contribution in [3.05, 3.63) is 35.9 Å². The van der Waals surface area contributed by atoms with Gasteiger partial charge in [0.05, 0.1) is 0 Å². The fourth-order valence-electron chi connectivity index (χ4n) is 3.12. The van der Waals surface area contributed by atoms with Gasteiger partial charge in [0.2, 0.25) is 0 Å². The minimum Gasteiger partial charge on any atom is -0.309 e. The fourth-order valence-corrected chi connectivity index (χ4v) is 3.12. The number of benzene rings is 1. The quantitative estimate of drug-likeness (QED) is 0.599. The number of hydrogen-bond donors (Lipinski definition) is 1. The van der Waals surface area contributed by atoms with Crippen molar-refractivity contribution in [1.29, 1.82) is 0 Å². The zero-order valence-corrected chi connectivity index (χ0v) is 13.5. The molecule has 0 heterocycles. The Balaban J connectivity index is 1.92. The van der Waals surface area contributed by atoms with Crippen LogP contribution in [0, 0.1) is 11.3 Å². The van der Waals surface area contributed by atoms with Crippen LogP contribution in [0.4, 0.5) is 0 Å². The summed E-state index contributed by atoms with van der Waals surface area (Å²) in [5, 5.41) is 3.88. The Bertz CT molecular complexity index is 378. The Kier molecular flexibility index (Phi) is 5.65. The zero-order valence-electron chi connectivity index (χ0n) is 13.5. The summed E-state index contributed by atoms with van der Waals surface area (Å²) in [6.07, 6.45) is 8.07. The van der Waals surface area contributed by atoms with E-state index in [-0.39, 0.29) is 0 Å². The molecule has 1 aliphatic rings. The van der Waals surface area contributed by atoms with Crippen LogP contribution in [-0.2, 0) is 0 Å². The van der Waals surface area contributed by atoms with E-state index in [1.54, 1.807) is 0 Å². The van der Waals surface area contributed by atoms with Gasteiger partial charge in [-0.3, -0.25) is 0 Å². The molecule has 0 radical (unpaired) electrons. The molecule has 1 nitrogen and oxygen atoms in total. The van der Waals surface area contributed by atoms with Crippen LogP contribution in [0.25, 0.3) is 0 Å². The van der Waals surface area contributed by atoms with Crippen LogP contribution in [0.1, 0.15) is 70.9 Å². The first-order chi connectivity index (χ1) is 9.68. The lowest BCUT2D eigenvalue weighted by atomic mass is 9.91. The van der Waals surface area contributed by atoms with Crippen LogP contribution in [0.2, 0.25) is 0 Å². The summed E-state index contributed by atoms with van der Waals surface area (Å²) in [5.41, 5.74) is 2.06. The van der Waals surface area contributed by atoms with E-state index < -0.39 is 0 Å². The smallest absolute Gasteiger partial charge is 0.0320 e. The highest BCUT2D eigenvalue weighted by Crippen LogP contribution is 2.51. The molecule has 112 valence electrons. The largest absolute Gasteiger partial charge is 0.309 e.